The lowest BCUT2D eigenvalue weighted by Crippen LogP contribution is -2.27. The lowest BCUT2D eigenvalue weighted by molar-refractivity contribution is -0.137. The Morgan fingerprint density at radius 2 is 1.81 bits per heavy atom. The van der Waals surface area contributed by atoms with Gasteiger partial charge in [-0.15, -0.1) is 34.6 Å². The molecule has 0 aliphatic rings. The van der Waals surface area contributed by atoms with Gasteiger partial charge in [-0.2, -0.15) is 13.2 Å². The van der Waals surface area contributed by atoms with Gasteiger partial charge in [0.15, 0.2) is 0 Å². The Bertz CT molecular complexity index is 386. The van der Waals surface area contributed by atoms with Crippen molar-refractivity contribution < 1.29 is 13.2 Å². The Labute approximate surface area is 141 Å². The van der Waals surface area contributed by atoms with E-state index in [0.29, 0.717) is 12.0 Å². The van der Waals surface area contributed by atoms with E-state index in [1.54, 1.807) is 12.6 Å². The number of benzene rings is 1. The molecule has 0 saturated carbocycles. The van der Waals surface area contributed by atoms with Crippen molar-refractivity contribution in [2.24, 2.45) is 0 Å². The normalized spacial score (nSPS) is 12.2. The summed E-state index contributed by atoms with van der Waals surface area (Å²) < 4.78 is 37.3. The van der Waals surface area contributed by atoms with Crippen molar-refractivity contribution in [3.8, 4) is 0 Å². The van der Waals surface area contributed by atoms with Crippen LogP contribution in [-0.4, -0.2) is 20.0 Å². The molecular weight excluding hydrogens is 362 g/mol. The Hall–Kier alpha value is 0.0569. The van der Waals surface area contributed by atoms with Gasteiger partial charge in [-0.3, -0.25) is 0 Å². The fourth-order valence-electron chi connectivity index (χ4n) is 1.65. The molecule has 1 rings (SSSR count). The molecule has 0 fully saturated rings. The Kier molecular flexibility index (Phi) is 12.9. The van der Waals surface area contributed by atoms with Crippen LogP contribution in [0.25, 0.3) is 0 Å². The number of halogens is 6. The van der Waals surface area contributed by atoms with Crippen LogP contribution in [0.1, 0.15) is 25.0 Å². The van der Waals surface area contributed by atoms with Crippen molar-refractivity contribution in [2.45, 2.75) is 39.0 Å². The third kappa shape index (κ3) is 12.3. The van der Waals surface area contributed by atoms with E-state index in [4.69, 9.17) is 22.2 Å². The maximum Gasteiger partial charge on any atom is 0.416 e. The summed E-state index contributed by atoms with van der Waals surface area (Å²) in [4.78, 5) is 0. The number of hydrogen-bond acceptors (Lipinski definition) is 1. The van der Waals surface area contributed by atoms with Crippen molar-refractivity contribution >= 4 is 42.0 Å². The molecule has 1 unspecified atom stereocenters. The van der Waals surface area contributed by atoms with Gasteiger partial charge >= 0.3 is 6.18 Å². The van der Waals surface area contributed by atoms with Crippen molar-refractivity contribution in [3.05, 3.63) is 35.4 Å². The smallest absolute Gasteiger partial charge is 0.314 e. The molecule has 0 aliphatic carbocycles. The Morgan fingerprint density at radius 1 is 1.29 bits per heavy atom. The van der Waals surface area contributed by atoms with Crippen molar-refractivity contribution in [1.82, 2.24) is 5.32 Å². The highest BCUT2D eigenvalue weighted by Gasteiger charge is 2.30. The standard InChI is InChI=1S/C12H16F3N.CH3Cl2Si.ClH/c1-3-16-9(2)7-10-5-4-6-11(8-10)12(13,14)15;1-4(2)3;/h4-6,8-9,16H,3,7H2,1-2H3;1H3;1H. The molecule has 0 bridgehead atoms. The SMILES string of the molecule is CCNC(C)Cc1cccc(C(F)(F)F)c1.C[Si](Cl)Cl.Cl. The monoisotopic (exact) mass is 380 g/mol. The van der Waals surface area contributed by atoms with Gasteiger partial charge < -0.3 is 5.32 Å². The number of alkyl halides is 3. The van der Waals surface area contributed by atoms with Gasteiger partial charge in [0.05, 0.1) is 5.56 Å². The molecule has 8 heteroatoms. The molecule has 0 heterocycles. The van der Waals surface area contributed by atoms with Crippen LogP contribution in [0, 0.1) is 0 Å². The summed E-state index contributed by atoms with van der Waals surface area (Å²) in [6.07, 6.45) is -3.64. The van der Waals surface area contributed by atoms with E-state index < -0.39 is 19.2 Å². The van der Waals surface area contributed by atoms with E-state index in [9.17, 15) is 13.2 Å². The summed E-state index contributed by atoms with van der Waals surface area (Å²) in [6, 6.07) is 5.68. The summed E-state index contributed by atoms with van der Waals surface area (Å²) in [5.74, 6) is 0. The third-order valence-electron chi connectivity index (χ3n) is 2.35. The van der Waals surface area contributed by atoms with Gasteiger partial charge in [-0.25, -0.2) is 0 Å². The first kappa shape index (κ1) is 23.3. The predicted molar refractivity (Wildman–Crippen MR) is 88.9 cm³/mol. The molecule has 1 atom stereocenters. The molecular formula is C13H20Cl3F3NSi. The topological polar surface area (TPSA) is 12.0 Å². The molecule has 1 nitrogen and oxygen atoms in total. The zero-order valence-corrected chi connectivity index (χ0v) is 15.4. The van der Waals surface area contributed by atoms with Gasteiger partial charge in [-0.1, -0.05) is 25.1 Å². The second kappa shape index (κ2) is 11.6. The molecule has 0 spiro atoms. The maximum atomic E-state index is 12.4. The molecule has 0 aliphatic heterocycles. The summed E-state index contributed by atoms with van der Waals surface area (Å²) in [6.45, 7) is 6.56. The van der Waals surface area contributed by atoms with E-state index >= 15 is 0 Å². The van der Waals surface area contributed by atoms with Crippen LogP contribution >= 0.6 is 34.6 Å². The van der Waals surface area contributed by atoms with Crippen molar-refractivity contribution in [1.29, 1.82) is 0 Å². The first-order valence-electron chi connectivity index (χ1n) is 6.20. The lowest BCUT2D eigenvalue weighted by Gasteiger charge is -2.13. The number of rotatable bonds is 4. The average molecular weight is 382 g/mol. The van der Waals surface area contributed by atoms with Crippen LogP contribution in [0.4, 0.5) is 13.2 Å². The molecule has 0 saturated heterocycles. The fourth-order valence-corrected chi connectivity index (χ4v) is 1.65. The molecule has 1 N–H and O–H groups in total. The largest absolute Gasteiger partial charge is 0.416 e. The van der Waals surface area contributed by atoms with Gasteiger partial charge in [0.1, 0.15) is 0 Å². The number of nitrogens with one attached hydrogen (secondary N) is 1. The molecule has 0 aromatic heterocycles. The molecule has 123 valence electrons. The average Bonchev–Trinajstić information content (AvgIpc) is 2.27. The summed E-state index contributed by atoms with van der Waals surface area (Å²) in [5, 5.41) is 3.17. The highest BCUT2D eigenvalue weighted by atomic mass is 35.7. The van der Waals surface area contributed by atoms with Crippen LogP contribution in [0.5, 0.6) is 0 Å². The van der Waals surface area contributed by atoms with Gasteiger partial charge in [0.2, 0.25) is 0 Å². The quantitative estimate of drug-likeness (QED) is 0.555. The first-order chi connectivity index (χ1) is 9.16. The first-order valence-corrected chi connectivity index (χ1v) is 10.2. The minimum Gasteiger partial charge on any atom is -0.314 e. The van der Waals surface area contributed by atoms with Crippen LogP contribution in [0.2, 0.25) is 6.55 Å². The summed E-state index contributed by atoms with van der Waals surface area (Å²) >= 11 is 10.3. The second-order valence-corrected chi connectivity index (χ2v) is 9.19. The molecule has 1 aromatic carbocycles. The number of likely N-dealkylation sites (N-methyl/N-ethyl adjacent to an activating group) is 1. The lowest BCUT2D eigenvalue weighted by atomic mass is 10.0. The van der Waals surface area contributed by atoms with Crippen LogP contribution in [0.3, 0.4) is 0 Å². The van der Waals surface area contributed by atoms with Gasteiger partial charge in [0, 0.05) is 6.04 Å². The third-order valence-corrected chi connectivity index (χ3v) is 2.35. The molecule has 1 radical (unpaired) electrons. The number of hydrogen-bond donors (Lipinski definition) is 1. The van der Waals surface area contributed by atoms with Gasteiger partial charge in [-0.05, 0) is 38.1 Å². The van der Waals surface area contributed by atoms with E-state index in [1.165, 1.54) is 12.1 Å². The molecule has 21 heavy (non-hydrogen) atoms. The van der Waals surface area contributed by atoms with E-state index in [-0.39, 0.29) is 18.4 Å². The highest BCUT2D eigenvalue weighted by molar-refractivity contribution is 7.33. The predicted octanol–water partition coefficient (Wildman–Crippen LogP) is 5.25. The minimum atomic E-state index is -4.25. The summed E-state index contributed by atoms with van der Waals surface area (Å²) in [5.41, 5.74) is 0.136. The minimum absolute atomic E-state index is 0. The van der Waals surface area contributed by atoms with Crippen molar-refractivity contribution in [3.63, 3.8) is 0 Å². The highest BCUT2D eigenvalue weighted by Crippen LogP contribution is 2.29. The zero-order chi connectivity index (χ0) is 15.8. The summed E-state index contributed by atoms with van der Waals surface area (Å²) in [7, 11) is -0.935. The Morgan fingerprint density at radius 3 is 2.24 bits per heavy atom. The molecule has 1 aromatic rings. The fraction of sp³-hybridized carbons (Fsp3) is 0.538. The zero-order valence-electron chi connectivity index (χ0n) is 12.1. The molecule has 0 amide bonds. The second-order valence-electron chi connectivity index (χ2n) is 4.31. The van der Waals surface area contributed by atoms with E-state index in [1.807, 2.05) is 13.8 Å². The van der Waals surface area contributed by atoms with E-state index in [0.717, 1.165) is 12.6 Å². The van der Waals surface area contributed by atoms with Crippen LogP contribution in [0.15, 0.2) is 24.3 Å². The van der Waals surface area contributed by atoms with E-state index in [2.05, 4.69) is 5.32 Å². The van der Waals surface area contributed by atoms with Crippen molar-refractivity contribution in [2.75, 3.05) is 6.54 Å². The van der Waals surface area contributed by atoms with Gasteiger partial charge in [0.25, 0.3) is 7.42 Å². The maximum absolute atomic E-state index is 12.4. The van der Waals surface area contributed by atoms with Crippen LogP contribution < -0.4 is 5.32 Å². The van der Waals surface area contributed by atoms with Crippen LogP contribution in [-0.2, 0) is 12.6 Å². The Balaban J connectivity index is 0.